The molecule has 0 aromatic heterocycles. The number of benzene rings is 1. The molecule has 1 nitrogen and oxygen atoms in total. The maximum Gasteiger partial charge on any atom is 0.123 e. The van der Waals surface area contributed by atoms with Gasteiger partial charge in [-0.1, -0.05) is 52.2 Å². The molecule has 0 aliphatic carbocycles. The van der Waals surface area contributed by atoms with Crippen LogP contribution in [0.15, 0.2) is 18.2 Å². The summed E-state index contributed by atoms with van der Waals surface area (Å²) in [5, 5.41) is 0. The second kappa shape index (κ2) is 5.77. The summed E-state index contributed by atoms with van der Waals surface area (Å²) in [6, 6.07) is 6.84. The highest BCUT2D eigenvalue weighted by Crippen LogP contribution is 2.38. The van der Waals surface area contributed by atoms with E-state index >= 15 is 0 Å². The first kappa shape index (κ1) is 13.5. The third kappa shape index (κ3) is 3.07. The normalized spacial score (nSPS) is 17.1. The SMILES string of the molecule is CCCCCCc1ccc2c(c1)OCCC2(C)C. The monoisotopic (exact) mass is 246 g/mol. The second-order valence-electron chi connectivity index (χ2n) is 6.12. The van der Waals surface area contributed by atoms with Crippen LogP contribution in [0.1, 0.15) is 64.0 Å². The van der Waals surface area contributed by atoms with Gasteiger partial charge in [-0.15, -0.1) is 0 Å². The summed E-state index contributed by atoms with van der Waals surface area (Å²) in [5.74, 6) is 1.12. The average Bonchev–Trinajstić information content (AvgIpc) is 2.34. The van der Waals surface area contributed by atoms with E-state index in [-0.39, 0.29) is 5.41 Å². The Kier molecular flexibility index (Phi) is 4.31. The minimum Gasteiger partial charge on any atom is -0.493 e. The predicted molar refractivity (Wildman–Crippen MR) is 77.4 cm³/mol. The van der Waals surface area contributed by atoms with Crippen molar-refractivity contribution in [1.82, 2.24) is 0 Å². The van der Waals surface area contributed by atoms with Crippen LogP contribution in [0.25, 0.3) is 0 Å². The molecule has 0 radical (unpaired) electrons. The maximum atomic E-state index is 5.83. The molecule has 0 N–H and O–H groups in total. The summed E-state index contributed by atoms with van der Waals surface area (Å²) in [7, 11) is 0. The fraction of sp³-hybridized carbons (Fsp3) is 0.647. The van der Waals surface area contributed by atoms with Gasteiger partial charge in [0.1, 0.15) is 5.75 Å². The van der Waals surface area contributed by atoms with E-state index < -0.39 is 0 Å². The molecule has 1 aromatic rings. The topological polar surface area (TPSA) is 9.23 Å². The molecule has 0 atom stereocenters. The van der Waals surface area contributed by atoms with Crippen LogP contribution in [0.2, 0.25) is 0 Å². The highest BCUT2D eigenvalue weighted by molar-refractivity contribution is 5.43. The van der Waals surface area contributed by atoms with Crippen LogP contribution >= 0.6 is 0 Å². The van der Waals surface area contributed by atoms with Crippen molar-refractivity contribution in [1.29, 1.82) is 0 Å². The Hall–Kier alpha value is -0.980. The van der Waals surface area contributed by atoms with Crippen molar-refractivity contribution in [2.45, 2.75) is 64.7 Å². The first-order valence-electron chi connectivity index (χ1n) is 7.40. The minimum absolute atomic E-state index is 0.272. The van der Waals surface area contributed by atoms with Crippen molar-refractivity contribution >= 4 is 0 Å². The zero-order chi connectivity index (χ0) is 13.0. The summed E-state index contributed by atoms with van der Waals surface area (Å²) in [4.78, 5) is 0. The standard InChI is InChI=1S/C17H26O/c1-4-5-6-7-8-14-9-10-15-16(13-14)18-12-11-17(15,2)3/h9-10,13H,4-8,11-12H2,1-3H3. The van der Waals surface area contributed by atoms with Gasteiger partial charge < -0.3 is 4.74 Å². The molecular weight excluding hydrogens is 220 g/mol. The zero-order valence-corrected chi connectivity index (χ0v) is 12.1. The Morgan fingerprint density at radius 1 is 1.17 bits per heavy atom. The molecule has 0 bridgehead atoms. The van der Waals surface area contributed by atoms with Crippen molar-refractivity contribution in [3.63, 3.8) is 0 Å². The fourth-order valence-electron chi connectivity index (χ4n) is 2.71. The number of ether oxygens (including phenoxy) is 1. The first-order valence-corrected chi connectivity index (χ1v) is 7.40. The Balaban J connectivity index is 2.03. The van der Waals surface area contributed by atoms with Crippen LogP contribution in [-0.2, 0) is 11.8 Å². The smallest absolute Gasteiger partial charge is 0.123 e. The van der Waals surface area contributed by atoms with E-state index in [0.717, 1.165) is 18.8 Å². The Morgan fingerprint density at radius 2 is 2.00 bits per heavy atom. The van der Waals surface area contributed by atoms with Crippen molar-refractivity contribution in [2.24, 2.45) is 0 Å². The average molecular weight is 246 g/mol. The number of hydrogen-bond acceptors (Lipinski definition) is 1. The van der Waals surface area contributed by atoms with Gasteiger partial charge in [0.05, 0.1) is 6.61 Å². The fourth-order valence-corrected chi connectivity index (χ4v) is 2.71. The molecule has 1 aliphatic heterocycles. The molecule has 0 unspecified atom stereocenters. The van der Waals surface area contributed by atoms with Crippen LogP contribution in [-0.4, -0.2) is 6.61 Å². The summed E-state index contributed by atoms with van der Waals surface area (Å²) >= 11 is 0. The molecule has 1 heterocycles. The van der Waals surface area contributed by atoms with Gasteiger partial charge in [-0.05, 0) is 41.9 Å². The third-order valence-electron chi connectivity index (χ3n) is 4.08. The van der Waals surface area contributed by atoms with E-state index in [0.29, 0.717) is 0 Å². The predicted octanol–water partition coefficient (Wildman–Crippen LogP) is 4.87. The lowest BCUT2D eigenvalue weighted by Gasteiger charge is -2.32. The molecule has 0 spiro atoms. The summed E-state index contributed by atoms with van der Waals surface area (Å²) in [6.45, 7) is 7.75. The van der Waals surface area contributed by atoms with Crippen molar-refractivity contribution < 1.29 is 4.74 Å². The van der Waals surface area contributed by atoms with Gasteiger partial charge in [0.25, 0.3) is 0 Å². The van der Waals surface area contributed by atoms with E-state index in [1.165, 1.54) is 43.2 Å². The zero-order valence-electron chi connectivity index (χ0n) is 12.1. The lowest BCUT2D eigenvalue weighted by molar-refractivity contribution is 0.234. The maximum absolute atomic E-state index is 5.83. The molecule has 2 rings (SSSR count). The number of hydrogen-bond donors (Lipinski definition) is 0. The van der Waals surface area contributed by atoms with E-state index in [4.69, 9.17) is 4.74 Å². The molecule has 0 fully saturated rings. The third-order valence-corrected chi connectivity index (χ3v) is 4.08. The van der Waals surface area contributed by atoms with Crippen LogP contribution < -0.4 is 4.74 Å². The Labute approximate surface area is 112 Å². The van der Waals surface area contributed by atoms with Gasteiger partial charge >= 0.3 is 0 Å². The Bertz CT molecular complexity index is 393. The first-order chi connectivity index (χ1) is 8.63. The van der Waals surface area contributed by atoms with E-state index in [1.54, 1.807) is 0 Å². The van der Waals surface area contributed by atoms with Crippen molar-refractivity contribution in [3.8, 4) is 5.75 Å². The molecular formula is C17H26O. The van der Waals surface area contributed by atoms with E-state index in [2.05, 4.69) is 39.0 Å². The molecule has 1 heteroatoms. The van der Waals surface area contributed by atoms with Crippen LogP contribution in [0.3, 0.4) is 0 Å². The highest BCUT2D eigenvalue weighted by atomic mass is 16.5. The number of fused-ring (bicyclic) bond motifs is 1. The number of rotatable bonds is 5. The van der Waals surface area contributed by atoms with Gasteiger partial charge in [0, 0.05) is 0 Å². The second-order valence-corrected chi connectivity index (χ2v) is 6.12. The van der Waals surface area contributed by atoms with Crippen molar-refractivity contribution in [2.75, 3.05) is 6.61 Å². The van der Waals surface area contributed by atoms with Gasteiger partial charge in [0.15, 0.2) is 0 Å². The van der Waals surface area contributed by atoms with E-state index in [9.17, 15) is 0 Å². The van der Waals surface area contributed by atoms with Crippen molar-refractivity contribution in [3.05, 3.63) is 29.3 Å². The molecule has 0 saturated carbocycles. The molecule has 1 aliphatic rings. The van der Waals surface area contributed by atoms with Crippen LogP contribution in [0.5, 0.6) is 5.75 Å². The Morgan fingerprint density at radius 3 is 2.78 bits per heavy atom. The largest absolute Gasteiger partial charge is 0.493 e. The molecule has 18 heavy (non-hydrogen) atoms. The highest BCUT2D eigenvalue weighted by Gasteiger charge is 2.28. The summed E-state index contributed by atoms with van der Waals surface area (Å²) < 4.78 is 5.83. The minimum atomic E-state index is 0.272. The molecule has 100 valence electrons. The lowest BCUT2D eigenvalue weighted by Crippen LogP contribution is -2.26. The number of unbranched alkanes of at least 4 members (excludes halogenated alkanes) is 3. The lowest BCUT2D eigenvalue weighted by atomic mass is 9.79. The molecule has 1 aromatic carbocycles. The van der Waals surface area contributed by atoms with Gasteiger partial charge in [0.2, 0.25) is 0 Å². The summed E-state index contributed by atoms with van der Waals surface area (Å²) in [6.07, 6.45) is 7.62. The van der Waals surface area contributed by atoms with Crippen LogP contribution in [0, 0.1) is 0 Å². The van der Waals surface area contributed by atoms with Crippen LogP contribution in [0.4, 0.5) is 0 Å². The quantitative estimate of drug-likeness (QED) is 0.673. The van der Waals surface area contributed by atoms with Gasteiger partial charge in [-0.2, -0.15) is 0 Å². The van der Waals surface area contributed by atoms with E-state index in [1.807, 2.05) is 0 Å². The van der Waals surface area contributed by atoms with Gasteiger partial charge in [-0.25, -0.2) is 0 Å². The molecule has 0 saturated heterocycles. The summed E-state index contributed by atoms with van der Waals surface area (Å²) in [5.41, 5.74) is 3.09. The molecule has 0 amide bonds. The number of aryl methyl sites for hydroxylation is 1. The van der Waals surface area contributed by atoms with Gasteiger partial charge in [-0.3, -0.25) is 0 Å².